The lowest BCUT2D eigenvalue weighted by molar-refractivity contribution is -0.0204. The highest BCUT2D eigenvalue weighted by Crippen LogP contribution is 2.29. The van der Waals surface area contributed by atoms with E-state index in [1.54, 1.807) is 0 Å². The summed E-state index contributed by atoms with van der Waals surface area (Å²) in [6, 6.07) is 17.8. The van der Waals surface area contributed by atoms with Gasteiger partial charge in [0.05, 0.1) is 32.0 Å². The molecule has 0 bridgehead atoms. The van der Waals surface area contributed by atoms with Crippen molar-refractivity contribution in [3.8, 4) is 5.75 Å². The molecule has 0 aliphatic carbocycles. The van der Waals surface area contributed by atoms with Gasteiger partial charge >= 0.3 is 0 Å². The molecule has 2 aromatic carbocycles. The quantitative estimate of drug-likeness (QED) is 0.698. The number of nitrogens with zero attached hydrogens (tertiary/aromatic N) is 1. The molecule has 2 unspecified atom stereocenters. The smallest absolute Gasteiger partial charge is 0.119 e. The van der Waals surface area contributed by atoms with Gasteiger partial charge in [0.1, 0.15) is 5.75 Å². The standard InChI is InChI=1S/C22H29NO4/c1-23-14-20(24)22(21(25)15-23)18-8-10-19(11-9-18)27-13-5-12-26-16-17-6-3-2-4-7-17/h2-4,6-11,20-22,24-25H,5,12-16H2,1H3. The van der Waals surface area contributed by atoms with Gasteiger partial charge in [0.2, 0.25) is 0 Å². The van der Waals surface area contributed by atoms with E-state index in [-0.39, 0.29) is 5.92 Å². The van der Waals surface area contributed by atoms with E-state index in [4.69, 9.17) is 9.47 Å². The molecule has 2 aromatic rings. The van der Waals surface area contributed by atoms with Gasteiger partial charge in [-0.05, 0) is 30.3 Å². The van der Waals surface area contributed by atoms with Crippen molar-refractivity contribution in [1.82, 2.24) is 4.90 Å². The molecule has 1 fully saturated rings. The van der Waals surface area contributed by atoms with Gasteiger partial charge in [0.15, 0.2) is 0 Å². The minimum absolute atomic E-state index is 0.248. The highest BCUT2D eigenvalue weighted by atomic mass is 16.5. The third-order valence-electron chi connectivity index (χ3n) is 4.90. The monoisotopic (exact) mass is 371 g/mol. The molecule has 27 heavy (non-hydrogen) atoms. The summed E-state index contributed by atoms with van der Waals surface area (Å²) in [5.41, 5.74) is 2.12. The van der Waals surface area contributed by atoms with E-state index in [0.717, 1.165) is 17.7 Å². The maximum atomic E-state index is 10.3. The summed E-state index contributed by atoms with van der Waals surface area (Å²) in [5, 5.41) is 20.6. The Bertz CT molecular complexity index is 664. The van der Waals surface area contributed by atoms with Crippen LogP contribution in [-0.2, 0) is 11.3 Å². The van der Waals surface area contributed by atoms with Gasteiger partial charge < -0.3 is 24.6 Å². The molecule has 5 nitrogen and oxygen atoms in total. The summed E-state index contributed by atoms with van der Waals surface area (Å²) in [6.07, 6.45) is -0.305. The number of aliphatic hydroxyl groups is 2. The van der Waals surface area contributed by atoms with Crippen LogP contribution in [0, 0.1) is 0 Å². The Labute approximate surface area is 161 Å². The van der Waals surface area contributed by atoms with Crippen molar-refractivity contribution < 1.29 is 19.7 Å². The van der Waals surface area contributed by atoms with Crippen molar-refractivity contribution >= 4 is 0 Å². The normalized spacial score (nSPS) is 23.3. The third-order valence-corrected chi connectivity index (χ3v) is 4.90. The summed E-state index contributed by atoms with van der Waals surface area (Å²) in [7, 11) is 1.91. The van der Waals surface area contributed by atoms with E-state index in [9.17, 15) is 10.2 Å². The molecule has 1 saturated heterocycles. The summed E-state index contributed by atoms with van der Waals surface area (Å²) < 4.78 is 11.4. The topological polar surface area (TPSA) is 62.2 Å². The molecule has 0 spiro atoms. The van der Waals surface area contributed by atoms with Gasteiger partial charge in [-0.1, -0.05) is 42.5 Å². The number of likely N-dealkylation sites (tertiary alicyclic amines) is 1. The number of likely N-dealkylation sites (N-methyl/N-ethyl adjacent to an activating group) is 1. The fraction of sp³-hybridized carbons (Fsp3) is 0.455. The van der Waals surface area contributed by atoms with E-state index < -0.39 is 12.2 Å². The number of aliphatic hydroxyl groups excluding tert-OH is 2. The Morgan fingerprint density at radius 2 is 1.59 bits per heavy atom. The van der Waals surface area contributed by atoms with Crippen molar-refractivity contribution in [2.75, 3.05) is 33.4 Å². The lowest BCUT2D eigenvalue weighted by Crippen LogP contribution is -2.49. The molecule has 1 aliphatic rings. The fourth-order valence-corrected chi connectivity index (χ4v) is 3.54. The molecular formula is C22H29NO4. The summed E-state index contributed by atoms with van der Waals surface area (Å²) >= 11 is 0. The molecule has 2 atom stereocenters. The average Bonchev–Trinajstić information content (AvgIpc) is 2.66. The number of ether oxygens (including phenoxy) is 2. The van der Waals surface area contributed by atoms with Crippen molar-refractivity contribution in [2.24, 2.45) is 0 Å². The highest BCUT2D eigenvalue weighted by molar-refractivity contribution is 5.31. The number of piperidine rings is 1. The number of β-amino-alcohol motifs (C(OH)–C–C–N with tert-alkyl or cyclic N) is 2. The lowest BCUT2D eigenvalue weighted by Gasteiger charge is -2.37. The van der Waals surface area contributed by atoms with Crippen LogP contribution in [0.25, 0.3) is 0 Å². The zero-order chi connectivity index (χ0) is 19.1. The Morgan fingerprint density at radius 3 is 2.26 bits per heavy atom. The van der Waals surface area contributed by atoms with Gasteiger partial charge in [-0.3, -0.25) is 0 Å². The molecule has 0 aromatic heterocycles. The molecule has 0 saturated carbocycles. The summed E-state index contributed by atoms with van der Waals surface area (Å²) in [5.74, 6) is 0.542. The molecule has 146 valence electrons. The molecule has 1 aliphatic heterocycles. The third kappa shape index (κ3) is 5.78. The number of hydrogen-bond donors (Lipinski definition) is 2. The van der Waals surface area contributed by atoms with E-state index in [2.05, 4.69) is 12.1 Å². The van der Waals surface area contributed by atoms with Gasteiger partial charge in [-0.25, -0.2) is 0 Å². The molecule has 0 radical (unpaired) electrons. The van der Waals surface area contributed by atoms with Crippen molar-refractivity contribution in [2.45, 2.75) is 31.2 Å². The van der Waals surface area contributed by atoms with Gasteiger partial charge in [-0.2, -0.15) is 0 Å². The minimum Gasteiger partial charge on any atom is -0.494 e. The van der Waals surface area contributed by atoms with Crippen LogP contribution in [0.2, 0.25) is 0 Å². The first-order chi connectivity index (χ1) is 13.1. The van der Waals surface area contributed by atoms with E-state index >= 15 is 0 Å². The Hall–Kier alpha value is -1.92. The van der Waals surface area contributed by atoms with Crippen LogP contribution in [0.1, 0.15) is 23.5 Å². The second-order valence-corrected chi connectivity index (χ2v) is 7.19. The molecule has 3 rings (SSSR count). The van der Waals surface area contributed by atoms with Crippen molar-refractivity contribution in [1.29, 1.82) is 0 Å². The first kappa shape index (κ1) is 19.8. The second kappa shape index (κ2) is 9.85. The Kier molecular flexibility index (Phi) is 7.24. The lowest BCUT2D eigenvalue weighted by atomic mass is 9.85. The zero-order valence-corrected chi connectivity index (χ0v) is 15.8. The van der Waals surface area contributed by atoms with Crippen LogP contribution < -0.4 is 4.74 Å². The van der Waals surface area contributed by atoms with Crippen LogP contribution in [-0.4, -0.2) is 60.7 Å². The van der Waals surface area contributed by atoms with Crippen molar-refractivity contribution in [3.63, 3.8) is 0 Å². The van der Waals surface area contributed by atoms with Crippen LogP contribution in [0.5, 0.6) is 5.75 Å². The Balaban J connectivity index is 1.39. The van der Waals surface area contributed by atoms with Gasteiger partial charge in [-0.15, -0.1) is 0 Å². The molecule has 5 heteroatoms. The SMILES string of the molecule is CN1CC(O)C(c2ccc(OCCCOCc3ccccc3)cc2)C(O)C1. The fourth-order valence-electron chi connectivity index (χ4n) is 3.54. The van der Waals surface area contributed by atoms with E-state index in [1.165, 1.54) is 5.56 Å². The first-order valence-electron chi connectivity index (χ1n) is 9.52. The Morgan fingerprint density at radius 1 is 0.926 bits per heavy atom. The predicted octanol–water partition coefficient (Wildman–Crippen LogP) is 2.42. The van der Waals surface area contributed by atoms with E-state index in [1.807, 2.05) is 54.4 Å². The predicted molar refractivity (Wildman–Crippen MR) is 105 cm³/mol. The van der Waals surface area contributed by atoms with Gasteiger partial charge in [0.25, 0.3) is 0 Å². The highest BCUT2D eigenvalue weighted by Gasteiger charge is 2.34. The maximum absolute atomic E-state index is 10.3. The molecule has 2 N–H and O–H groups in total. The van der Waals surface area contributed by atoms with Gasteiger partial charge in [0, 0.05) is 25.4 Å². The summed E-state index contributed by atoms with van der Waals surface area (Å²) in [6.45, 7) is 3.01. The van der Waals surface area contributed by atoms with Crippen LogP contribution in [0.4, 0.5) is 0 Å². The number of benzene rings is 2. The molecule has 0 amide bonds. The largest absolute Gasteiger partial charge is 0.494 e. The second-order valence-electron chi connectivity index (χ2n) is 7.19. The average molecular weight is 371 g/mol. The van der Waals surface area contributed by atoms with Crippen LogP contribution in [0.15, 0.2) is 54.6 Å². The molecule has 1 heterocycles. The number of rotatable bonds is 8. The van der Waals surface area contributed by atoms with Crippen LogP contribution >= 0.6 is 0 Å². The van der Waals surface area contributed by atoms with Crippen molar-refractivity contribution in [3.05, 3.63) is 65.7 Å². The van der Waals surface area contributed by atoms with E-state index in [0.29, 0.717) is 32.9 Å². The maximum Gasteiger partial charge on any atom is 0.119 e. The summed E-state index contributed by atoms with van der Waals surface area (Å²) in [4.78, 5) is 1.95. The minimum atomic E-state index is -0.563. The zero-order valence-electron chi connectivity index (χ0n) is 15.8. The molecular weight excluding hydrogens is 342 g/mol. The number of hydrogen-bond acceptors (Lipinski definition) is 5. The first-order valence-corrected chi connectivity index (χ1v) is 9.52. The van der Waals surface area contributed by atoms with Crippen LogP contribution in [0.3, 0.4) is 0 Å².